The largest absolute Gasteiger partial charge is 0.456 e. The topological polar surface area (TPSA) is 61.9 Å². The zero-order valence-electron chi connectivity index (χ0n) is 24.0. The summed E-state index contributed by atoms with van der Waals surface area (Å²) in [5.74, 6) is 0. The third kappa shape index (κ3) is 3.96. The first kappa shape index (κ1) is 26.3. The molecule has 0 bridgehead atoms. The van der Waals surface area contributed by atoms with E-state index in [1.54, 1.807) is 36.7 Å². The number of aromatic nitrogens is 4. The standard InChI is InChI=1S/C35H25F3N4O2/c1-20-18-41(21-12-14-30-25(16-21)23-8-4-6-10-28(23)43-30)39-32(20)34(2,3)33-27(35(36,37)38)19-42(40-33)22-13-15-31-26(17-22)24-9-5-7-11-29(24)44-31/h4-19H,1-3H3. The summed E-state index contributed by atoms with van der Waals surface area (Å²) >= 11 is 0. The molecule has 0 radical (unpaired) electrons. The van der Waals surface area contributed by atoms with Gasteiger partial charge < -0.3 is 8.83 Å². The van der Waals surface area contributed by atoms with Gasteiger partial charge in [0.1, 0.15) is 22.3 Å². The highest BCUT2D eigenvalue weighted by atomic mass is 19.4. The Kier molecular flexibility index (Phi) is 5.44. The van der Waals surface area contributed by atoms with Gasteiger partial charge in [-0.1, -0.05) is 36.4 Å². The summed E-state index contributed by atoms with van der Waals surface area (Å²) in [4.78, 5) is 0. The molecule has 9 heteroatoms. The van der Waals surface area contributed by atoms with Crippen LogP contribution in [0.5, 0.6) is 0 Å². The van der Waals surface area contributed by atoms with E-state index in [0.717, 1.165) is 50.2 Å². The minimum Gasteiger partial charge on any atom is -0.456 e. The number of fused-ring (bicyclic) bond motifs is 6. The molecule has 8 aromatic rings. The molecule has 0 unspecified atom stereocenters. The van der Waals surface area contributed by atoms with E-state index in [0.29, 0.717) is 22.5 Å². The average Bonchev–Trinajstić information content (AvgIpc) is 3.78. The molecule has 4 aromatic heterocycles. The van der Waals surface area contributed by atoms with Crippen LogP contribution in [-0.2, 0) is 11.6 Å². The molecule has 0 spiro atoms. The van der Waals surface area contributed by atoms with Crippen LogP contribution >= 0.6 is 0 Å². The molecule has 0 saturated heterocycles. The number of furan rings is 2. The number of halogens is 3. The Morgan fingerprint density at radius 2 is 1.07 bits per heavy atom. The second-order valence-electron chi connectivity index (χ2n) is 11.6. The van der Waals surface area contributed by atoms with E-state index in [9.17, 15) is 13.2 Å². The normalized spacial score (nSPS) is 12.8. The molecule has 0 saturated carbocycles. The maximum absolute atomic E-state index is 14.5. The molecule has 0 aliphatic rings. The first-order valence-corrected chi connectivity index (χ1v) is 14.2. The highest BCUT2D eigenvalue weighted by Crippen LogP contribution is 2.42. The lowest BCUT2D eigenvalue weighted by atomic mass is 9.82. The van der Waals surface area contributed by atoms with Crippen LogP contribution in [0.25, 0.3) is 55.3 Å². The molecule has 0 aliphatic heterocycles. The van der Waals surface area contributed by atoms with Crippen molar-refractivity contribution < 1.29 is 22.0 Å². The highest BCUT2D eigenvalue weighted by Gasteiger charge is 2.43. The van der Waals surface area contributed by atoms with E-state index >= 15 is 0 Å². The van der Waals surface area contributed by atoms with Crippen molar-refractivity contribution >= 4 is 43.9 Å². The summed E-state index contributed by atoms with van der Waals surface area (Å²) in [6.07, 6.45) is -1.73. The van der Waals surface area contributed by atoms with Crippen molar-refractivity contribution in [2.24, 2.45) is 0 Å². The van der Waals surface area contributed by atoms with Crippen LogP contribution in [0.2, 0.25) is 0 Å². The van der Waals surface area contributed by atoms with E-state index in [-0.39, 0.29) is 5.69 Å². The van der Waals surface area contributed by atoms with Crippen molar-refractivity contribution in [1.82, 2.24) is 19.6 Å². The number of para-hydroxylation sites is 2. The van der Waals surface area contributed by atoms with Gasteiger partial charge in [0.2, 0.25) is 0 Å². The second-order valence-corrected chi connectivity index (χ2v) is 11.6. The lowest BCUT2D eigenvalue weighted by molar-refractivity contribution is -0.138. The van der Waals surface area contributed by atoms with Gasteiger partial charge in [-0.05, 0) is 74.9 Å². The number of benzene rings is 4. The Bertz CT molecular complexity index is 2390. The van der Waals surface area contributed by atoms with Crippen molar-refractivity contribution in [1.29, 1.82) is 0 Å². The molecule has 0 aliphatic carbocycles. The molecule has 0 atom stereocenters. The molecule has 4 aromatic carbocycles. The van der Waals surface area contributed by atoms with Crippen molar-refractivity contribution in [3.05, 3.63) is 120 Å². The number of alkyl halides is 3. The molecule has 8 rings (SSSR count). The smallest absolute Gasteiger partial charge is 0.419 e. The van der Waals surface area contributed by atoms with Gasteiger partial charge in [0.05, 0.1) is 33.7 Å². The van der Waals surface area contributed by atoms with E-state index in [4.69, 9.17) is 13.9 Å². The summed E-state index contributed by atoms with van der Waals surface area (Å²) in [5, 5.41) is 13.0. The fourth-order valence-corrected chi connectivity index (χ4v) is 6.21. The Labute approximate surface area is 248 Å². The van der Waals surface area contributed by atoms with Crippen molar-refractivity contribution in [3.8, 4) is 11.4 Å². The summed E-state index contributed by atoms with van der Waals surface area (Å²) in [5.41, 5.74) is 3.34. The number of hydrogen-bond donors (Lipinski definition) is 0. The Hall–Kier alpha value is -5.31. The predicted molar refractivity (Wildman–Crippen MR) is 164 cm³/mol. The molecule has 6 nitrogen and oxygen atoms in total. The van der Waals surface area contributed by atoms with Gasteiger partial charge in [-0.25, -0.2) is 9.36 Å². The highest BCUT2D eigenvalue weighted by molar-refractivity contribution is 6.06. The molecular weight excluding hydrogens is 565 g/mol. The maximum Gasteiger partial charge on any atom is 0.419 e. The number of aryl methyl sites for hydroxylation is 1. The summed E-state index contributed by atoms with van der Waals surface area (Å²) in [6.45, 7) is 5.32. The van der Waals surface area contributed by atoms with Crippen LogP contribution in [-0.4, -0.2) is 19.6 Å². The van der Waals surface area contributed by atoms with E-state index in [1.807, 2.05) is 79.9 Å². The molecule has 44 heavy (non-hydrogen) atoms. The van der Waals surface area contributed by atoms with E-state index in [1.165, 1.54) is 4.68 Å². The lowest BCUT2D eigenvalue weighted by Gasteiger charge is -2.23. The van der Waals surface area contributed by atoms with E-state index in [2.05, 4.69) is 5.10 Å². The monoisotopic (exact) mass is 590 g/mol. The summed E-state index contributed by atoms with van der Waals surface area (Å²) < 4.78 is 58.5. The van der Waals surface area contributed by atoms with Crippen LogP contribution in [0.3, 0.4) is 0 Å². The Morgan fingerprint density at radius 1 is 0.591 bits per heavy atom. The third-order valence-electron chi connectivity index (χ3n) is 8.35. The number of hydrogen-bond acceptors (Lipinski definition) is 4. The zero-order chi connectivity index (χ0) is 30.4. The first-order valence-electron chi connectivity index (χ1n) is 14.2. The fraction of sp³-hybridized carbons (Fsp3) is 0.143. The van der Waals surface area contributed by atoms with Gasteiger partial charge >= 0.3 is 6.18 Å². The van der Waals surface area contributed by atoms with Gasteiger partial charge in [-0.3, -0.25) is 0 Å². The Morgan fingerprint density at radius 3 is 1.61 bits per heavy atom. The predicted octanol–water partition coefficient (Wildman–Crippen LogP) is 9.51. The Balaban J connectivity index is 1.23. The summed E-state index contributed by atoms with van der Waals surface area (Å²) in [7, 11) is 0. The molecule has 0 N–H and O–H groups in total. The molecule has 218 valence electrons. The van der Waals surface area contributed by atoms with E-state index < -0.39 is 17.2 Å². The van der Waals surface area contributed by atoms with Crippen LogP contribution in [0.4, 0.5) is 13.2 Å². The average molecular weight is 591 g/mol. The second kappa shape index (κ2) is 9.09. The van der Waals surface area contributed by atoms with Crippen LogP contribution in [0, 0.1) is 6.92 Å². The van der Waals surface area contributed by atoms with Crippen molar-refractivity contribution in [2.45, 2.75) is 32.4 Å². The fourth-order valence-electron chi connectivity index (χ4n) is 6.21. The molecule has 0 amide bonds. The van der Waals surface area contributed by atoms with Gasteiger partial charge in [0, 0.05) is 33.9 Å². The lowest BCUT2D eigenvalue weighted by Crippen LogP contribution is -2.25. The van der Waals surface area contributed by atoms with Crippen LogP contribution in [0.15, 0.2) is 106 Å². The minimum absolute atomic E-state index is 0.105. The van der Waals surface area contributed by atoms with Crippen molar-refractivity contribution in [3.63, 3.8) is 0 Å². The van der Waals surface area contributed by atoms with Gasteiger partial charge in [-0.15, -0.1) is 0 Å². The molecular formula is C35H25F3N4O2. The first-order chi connectivity index (χ1) is 21.1. The van der Waals surface area contributed by atoms with Crippen LogP contribution in [0.1, 0.15) is 36.4 Å². The zero-order valence-corrected chi connectivity index (χ0v) is 24.0. The SMILES string of the molecule is Cc1cn(-c2ccc3oc4ccccc4c3c2)nc1C(C)(C)c1nn(-c2ccc3oc4ccccc4c3c2)cc1C(F)(F)F. The molecule has 4 heterocycles. The van der Waals surface area contributed by atoms with Gasteiger partial charge in [0.15, 0.2) is 0 Å². The maximum atomic E-state index is 14.5. The van der Waals surface area contributed by atoms with Gasteiger partial charge in [0.25, 0.3) is 0 Å². The van der Waals surface area contributed by atoms with Gasteiger partial charge in [-0.2, -0.15) is 23.4 Å². The quantitative estimate of drug-likeness (QED) is 0.205. The third-order valence-corrected chi connectivity index (χ3v) is 8.35. The van der Waals surface area contributed by atoms with Crippen molar-refractivity contribution in [2.75, 3.05) is 0 Å². The molecule has 0 fully saturated rings. The summed E-state index contributed by atoms with van der Waals surface area (Å²) in [6, 6.07) is 26.4. The minimum atomic E-state index is -4.62. The number of rotatable bonds is 4. The number of nitrogens with zero attached hydrogens (tertiary/aromatic N) is 4. The van der Waals surface area contributed by atoms with Crippen LogP contribution < -0.4 is 0 Å².